The maximum atomic E-state index is 10.1. The van der Waals surface area contributed by atoms with Crippen LogP contribution in [-0.4, -0.2) is 14.9 Å². The molecule has 0 spiro atoms. The fourth-order valence-electron chi connectivity index (χ4n) is 0.545. The van der Waals surface area contributed by atoms with Crippen molar-refractivity contribution in [1.82, 2.24) is 9.97 Å². The zero-order valence-corrected chi connectivity index (χ0v) is 5.31. The molecule has 0 fully saturated rings. The highest BCUT2D eigenvalue weighted by Crippen LogP contribution is 2.02. The molecule has 0 atom stereocenters. The number of nitro groups is 1. The summed E-state index contributed by atoms with van der Waals surface area (Å²) in [6.45, 7) is 1.60. The second-order valence-corrected chi connectivity index (χ2v) is 1.72. The Morgan fingerprint density at radius 3 is 2.80 bits per heavy atom. The predicted molar refractivity (Wildman–Crippen MR) is 33.4 cm³/mol. The van der Waals surface area contributed by atoms with Gasteiger partial charge >= 0.3 is 5.82 Å². The highest BCUT2D eigenvalue weighted by atomic mass is 16.6. The SMILES string of the molecule is Cc1nccc([N+](=O)[O-])n1. The van der Waals surface area contributed by atoms with E-state index in [9.17, 15) is 10.1 Å². The first-order valence-electron chi connectivity index (χ1n) is 2.64. The molecule has 0 unspecified atom stereocenters. The van der Waals surface area contributed by atoms with Crippen LogP contribution in [0.15, 0.2) is 12.3 Å². The summed E-state index contributed by atoms with van der Waals surface area (Å²) in [4.78, 5) is 16.8. The summed E-state index contributed by atoms with van der Waals surface area (Å²) in [5, 5.41) is 10.1. The van der Waals surface area contributed by atoms with Gasteiger partial charge in [0.05, 0.1) is 6.07 Å². The van der Waals surface area contributed by atoms with Gasteiger partial charge in [-0.25, -0.2) is 4.98 Å². The zero-order chi connectivity index (χ0) is 7.56. The van der Waals surface area contributed by atoms with Crippen molar-refractivity contribution < 1.29 is 4.92 Å². The van der Waals surface area contributed by atoms with Crippen molar-refractivity contribution in [3.63, 3.8) is 0 Å². The van der Waals surface area contributed by atoms with Gasteiger partial charge in [-0.15, -0.1) is 0 Å². The Bertz CT molecular complexity index is 261. The van der Waals surface area contributed by atoms with Gasteiger partial charge in [0.25, 0.3) is 0 Å². The summed E-state index contributed by atoms with van der Waals surface area (Å²) in [7, 11) is 0. The number of aryl methyl sites for hydroxylation is 1. The molecule has 0 saturated carbocycles. The molecule has 0 aliphatic carbocycles. The Hall–Kier alpha value is -1.52. The standard InChI is InChI=1S/C5H5N3O2/c1-4-6-3-2-5(7-4)8(9)10/h2-3H,1H3. The zero-order valence-electron chi connectivity index (χ0n) is 5.31. The van der Waals surface area contributed by atoms with Crippen molar-refractivity contribution in [2.45, 2.75) is 6.92 Å². The van der Waals surface area contributed by atoms with Gasteiger partial charge in [0.2, 0.25) is 5.82 Å². The average molecular weight is 139 g/mol. The Morgan fingerprint density at radius 2 is 2.40 bits per heavy atom. The fraction of sp³-hybridized carbons (Fsp3) is 0.200. The summed E-state index contributed by atoms with van der Waals surface area (Å²) in [6.07, 6.45) is 1.36. The first-order valence-corrected chi connectivity index (χ1v) is 2.64. The van der Waals surface area contributed by atoms with Crippen LogP contribution < -0.4 is 0 Å². The fourth-order valence-corrected chi connectivity index (χ4v) is 0.545. The van der Waals surface area contributed by atoms with Crippen molar-refractivity contribution in [2.75, 3.05) is 0 Å². The van der Waals surface area contributed by atoms with Crippen LogP contribution in [0.3, 0.4) is 0 Å². The van der Waals surface area contributed by atoms with E-state index in [1.54, 1.807) is 6.92 Å². The van der Waals surface area contributed by atoms with Gasteiger partial charge in [-0.05, 0) is 9.91 Å². The number of aromatic nitrogens is 2. The third kappa shape index (κ3) is 1.25. The third-order valence-corrected chi connectivity index (χ3v) is 0.948. The van der Waals surface area contributed by atoms with Crippen molar-refractivity contribution in [2.24, 2.45) is 0 Å². The van der Waals surface area contributed by atoms with Crippen LogP contribution in [0.1, 0.15) is 5.82 Å². The number of hydrogen-bond donors (Lipinski definition) is 0. The van der Waals surface area contributed by atoms with Crippen LogP contribution in [0, 0.1) is 17.0 Å². The molecule has 1 aromatic heterocycles. The largest absolute Gasteiger partial charge is 0.367 e. The monoisotopic (exact) mass is 139 g/mol. The quantitative estimate of drug-likeness (QED) is 0.424. The minimum Gasteiger partial charge on any atom is -0.358 e. The molecule has 0 amide bonds. The molecule has 0 aromatic carbocycles. The van der Waals surface area contributed by atoms with Crippen LogP contribution >= 0.6 is 0 Å². The van der Waals surface area contributed by atoms with E-state index in [1.165, 1.54) is 12.3 Å². The highest BCUT2D eigenvalue weighted by Gasteiger charge is 2.05. The first kappa shape index (κ1) is 6.60. The van der Waals surface area contributed by atoms with Crippen LogP contribution in [0.2, 0.25) is 0 Å². The van der Waals surface area contributed by atoms with E-state index in [0.717, 1.165) is 0 Å². The van der Waals surface area contributed by atoms with Gasteiger partial charge < -0.3 is 10.1 Å². The molecule has 0 radical (unpaired) electrons. The van der Waals surface area contributed by atoms with Crippen LogP contribution in [0.4, 0.5) is 5.82 Å². The van der Waals surface area contributed by atoms with Gasteiger partial charge in [0, 0.05) is 13.1 Å². The highest BCUT2D eigenvalue weighted by molar-refractivity contribution is 5.15. The smallest absolute Gasteiger partial charge is 0.358 e. The third-order valence-electron chi connectivity index (χ3n) is 0.948. The van der Waals surface area contributed by atoms with E-state index in [-0.39, 0.29) is 5.82 Å². The van der Waals surface area contributed by atoms with Crippen molar-refractivity contribution in [3.8, 4) is 0 Å². The first-order chi connectivity index (χ1) is 4.70. The molecule has 1 rings (SSSR count). The number of hydrogen-bond acceptors (Lipinski definition) is 4. The summed E-state index contributed by atoms with van der Waals surface area (Å²) < 4.78 is 0. The number of nitrogens with zero attached hydrogens (tertiary/aromatic N) is 3. The van der Waals surface area contributed by atoms with E-state index >= 15 is 0 Å². The van der Waals surface area contributed by atoms with E-state index in [1.807, 2.05) is 0 Å². The normalized spacial score (nSPS) is 9.30. The summed E-state index contributed by atoms with van der Waals surface area (Å²) in [6, 6.07) is 1.26. The molecular weight excluding hydrogens is 134 g/mol. The van der Waals surface area contributed by atoms with E-state index in [2.05, 4.69) is 9.97 Å². The van der Waals surface area contributed by atoms with Gasteiger partial charge in [0.15, 0.2) is 0 Å². The van der Waals surface area contributed by atoms with Gasteiger partial charge in [-0.3, -0.25) is 0 Å². The average Bonchev–Trinajstić information content (AvgIpc) is 1.88. The maximum absolute atomic E-state index is 10.1. The summed E-state index contributed by atoms with van der Waals surface area (Å²) in [5.41, 5.74) is 0. The van der Waals surface area contributed by atoms with Crippen LogP contribution in [0.5, 0.6) is 0 Å². The molecule has 1 aromatic rings. The van der Waals surface area contributed by atoms with Crippen molar-refractivity contribution in [3.05, 3.63) is 28.2 Å². The molecule has 0 bridgehead atoms. The van der Waals surface area contributed by atoms with Crippen LogP contribution in [0.25, 0.3) is 0 Å². The lowest BCUT2D eigenvalue weighted by atomic mass is 10.5. The lowest BCUT2D eigenvalue weighted by Gasteiger charge is -1.88. The molecule has 1 heterocycles. The maximum Gasteiger partial charge on any atom is 0.367 e. The van der Waals surface area contributed by atoms with Crippen LogP contribution in [-0.2, 0) is 0 Å². The Labute approximate surface area is 56.9 Å². The minimum absolute atomic E-state index is 0.160. The minimum atomic E-state index is -0.547. The lowest BCUT2D eigenvalue weighted by molar-refractivity contribution is -0.389. The molecule has 5 heteroatoms. The summed E-state index contributed by atoms with van der Waals surface area (Å²) >= 11 is 0. The second-order valence-electron chi connectivity index (χ2n) is 1.72. The lowest BCUT2D eigenvalue weighted by Crippen LogP contribution is -1.94. The molecule has 5 nitrogen and oxygen atoms in total. The molecule has 0 aliphatic rings. The molecule has 0 N–H and O–H groups in total. The molecular formula is C5H5N3O2. The van der Waals surface area contributed by atoms with Crippen molar-refractivity contribution in [1.29, 1.82) is 0 Å². The topological polar surface area (TPSA) is 68.9 Å². The predicted octanol–water partition coefficient (Wildman–Crippen LogP) is 0.693. The van der Waals surface area contributed by atoms with Gasteiger partial charge in [0.1, 0.15) is 0 Å². The van der Waals surface area contributed by atoms with E-state index in [4.69, 9.17) is 0 Å². The summed E-state index contributed by atoms with van der Waals surface area (Å²) in [5.74, 6) is 0.252. The molecule has 10 heavy (non-hydrogen) atoms. The molecule has 0 saturated heterocycles. The van der Waals surface area contributed by atoms with E-state index in [0.29, 0.717) is 5.82 Å². The Kier molecular flexibility index (Phi) is 1.57. The van der Waals surface area contributed by atoms with Gasteiger partial charge in [-0.2, -0.15) is 0 Å². The molecule has 52 valence electrons. The molecule has 0 aliphatic heterocycles. The second kappa shape index (κ2) is 2.38. The Morgan fingerprint density at radius 1 is 1.70 bits per heavy atom. The van der Waals surface area contributed by atoms with Crippen molar-refractivity contribution >= 4 is 5.82 Å². The van der Waals surface area contributed by atoms with Gasteiger partial charge in [-0.1, -0.05) is 0 Å². The van der Waals surface area contributed by atoms with E-state index < -0.39 is 4.92 Å². The number of rotatable bonds is 1. The Balaban J connectivity index is 3.07.